The van der Waals surface area contributed by atoms with Crippen LogP contribution in [0.3, 0.4) is 0 Å². The molecule has 0 saturated carbocycles. The Morgan fingerprint density at radius 2 is 2.08 bits per heavy atom. The van der Waals surface area contributed by atoms with E-state index in [-0.39, 0.29) is 11.3 Å². The minimum Gasteiger partial charge on any atom is -0.388 e. The van der Waals surface area contributed by atoms with Crippen LogP contribution in [0.5, 0.6) is 0 Å². The first-order valence-electron chi connectivity index (χ1n) is 9.20. The van der Waals surface area contributed by atoms with E-state index < -0.39 is 5.60 Å². The predicted molar refractivity (Wildman–Crippen MR) is 97.0 cm³/mol. The normalized spacial score (nSPS) is 26.8. The van der Waals surface area contributed by atoms with E-state index in [1.165, 1.54) is 0 Å². The monoisotopic (exact) mass is 385 g/mol. The van der Waals surface area contributed by atoms with Gasteiger partial charge in [0.15, 0.2) is 5.15 Å². The summed E-state index contributed by atoms with van der Waals surface area (Å²) < 4.78 is 10.4. The first-order chi connectivity index (χ1) is 12.3. The van der Waals surface area contributed by atoms with E-state index in [9.17, 15) is 9.90 Å². The Labute approximate surface area is 159 Å². The van der Waals surface area contributed by atoms with Crippen molar-refractivity contribution in [1.29, 1.82) is 0 Å². The molecule has 1 aromatic rings. The number of aryl methyl sites for hydroxylation is 1. The van der Waals surface area contributed by atoms with Gasteiger partial charge < -0.3 is 19.3 Å². The average Bonchev–Trinajstić information content (AvgIpc) is 3.01. The molecule has 146 valence electrons. The third-order valence-corrected chi connectivity index (χ3v) is 5.88. The lowest BCUT2D eigenvalue weighted by molar-refractivity contribution is -0.157. The molecule has 0 unspecified atom stereocenters. The van der Waals surface area contributed by atoms with Crippen LogP contribution < -0.4 is 0 Å². The first-order valence-corrected chi connectivity index (χ1v) is 9.58. The van der Waals surface area contributed by atoms with Crippen molar-refractivity contribution in [3.63, 3.8) is 0 Å². The molecule has 2 fully saturated rings. The predicted octanol–water partition coefficient (Wildman–Crippen LogP) is 1.58. The molecule has 26 heavy (non-hydrogen) atoms. The lowest BCUT2D eigenvalue weighted by atomic mass is 9.69. The molecule has 0 aromatic carbocycles. The largest absolute Gasteiger partial charge is 0.388 e. The summed E-state index contributed by atoms with van der Waals surface area (Å²) >= 11 is 5.73. The number of aliphatic hydroxyl groups is 1. The second-order valence-corrected chi connectivity index (χ2v) is 8.37. The lowest BCUT2D eigenvalue weighted by Crippen LogP contribution is -2.63. The highest BCUT2D eigenvalue weighted by Crippen LogP contribution is 2.39. The molecule has 1 amide bonds. The van der Waals surface area contributed by atoms with Gasteiger partial charge in [0, 0.05) is 57.0 Å². The number of aromatic nitrogens is 1. The molecule has 2 aliphatic heterocycles. The van der Waals surface area contributed by atoms with Crippen molar-refractivity contribution in [3.05, 3.63) is 17.0 Å². The van der Waals surface area contributed by atoms with E-state index in [1.807, 2.05) is 18.7 Å². The van der Waals surface area contributed by atoms with Gasteiger partial charge in [0.25, 0.3) is 0 Å². The van der Waals surface area contributed by atoms with E-state index in [0.717, 1.165) is 13.1 Å². The molecule has 1 atom stereocenters. The van der Waals surface area contributed by atoms with Crippen molar-refractivity contribution in [1.82, 2.24) is 15.0 Å². The summed E-state index contributed by atoms with van der Waals surface area (Å²) in [7, 11) is 0. The fourth-order valence-corrected chi connectivity index (χ4v) is 3.95. The molecule has 7 nitrogen and oxygen atoms in total. The summed E-state index contributed by atoms with van der Waals surface area (Å²) in [4.78, 5) is 16.7. The van der Waals surface area contributed by atoms with E-state index in [0.29, 0.717) is 63.0 Å². The van der Waals surface area contributed by atoms with E-state index >= 15 is 0 Å². The highest BCUT2D eigenvalue weighted by Gasteiger charge is 2.49. The van der Waals surface area contributed by atoms with Crippen LogP contribution in [0.4, 0.5) is 0 Å². The Balaban J connectivity index is 1.55. The topological polar surface area (TPSA) is 79.0 Å². The van der Waals surface area contributed by atoms with Crippen molar-refractivity contribution in [3.8, 4) is 0 Å². The van der Waals surface area contributed by atoms with Crippen molar-refractivity contribution in [2.75, 3.05) is 45.9 Å². The molecular weight excluding hydrogens is 358 g/mol. The van der Waals surface area contributed by atoms with E-state index in [2.05, 4.69) is 10.1 Å². The smallest absolute Gasteiger partial charge is 0.223 e. The molecule has 1 N–H and O–H groups in total. The maximum absolute atomic E-state index is 12.6. The van der Waals surface area contributed by atoms with Crippen LogP contribution in [0.1, 0.15) is 32.4 Å². The molecule has 3 rings (SSSR count). The molecule has 2 aliphatic rings. The first kappa shape index (κ1) is 19.6. The fraction of sp³-hybridized carbons (Fsp3) is 0.778. The van der Waals surface area contributed by atoms with Crippen LogP contribution in [0.25, 0.3) is 0 Å². The van der Waals surface area contributed by atoms with Crippen LogP contribution in [-0.4, -0.2) is 77.5 Å². The van der Waals surface area contributed by atoms with Crippen molar-refractivity contribution in [2.24, 2.45) is 5.41 Å². The van der Waals surface area contributed by atoms with Gasteiger partial charge in [0.2, 0.25) is 5.91 Å². The summed E-state index contributed by atoms with van der Waals surface area (Å²) in [6, 6.07) is 1.63. The highest BCUT2D eigenvalue weighted by atomic mass is 35.5. The van der Waals surface area contributed by atoms with Gasteiger partial charge in [-0.3, -0.25) is 9.69 Å². The second-order valence-electron chi connectivity index (χ2n) is 7.99. The number of β-amino-alcohol motifs (C(OH)–C–C–N with tert-alkyl or cyclic N) is 1. The van der Waals surface area contributed by atoms with Crippen LogP contribution >= 0.6 is 11.6 Å². The minimum atomic E-state index is -0.806. The molecule has 0 bridgehead atoms. The third-order valence-electron chi connectivity index (χ3n) is 5.70. The number of likely N-dealkylation sites (tertiary alicyclic amines) is 1. The molecule has 0 aliphatic carbocycles. The minimum absolute atomic E-state index is 0.0685. The number of carbonyl (C=O) groups is 1. The van der Waals surface area contributed by atoms with Gasteiger partial charge in [-0.05, 0) is 6.42 Å². The molecule has 2 saturated heterocycles. The zero-order chi connectivity index (χ0) is 18.8. The van der Waals surface area contributed by atoms with Gasteiger partial charge in [-0.2, -0.15) is 0 Å². The Hall–Kier alpha value is -1.15. The maximum Gasteiger partial charge on any atom is 0.223 e. The van der Waals surface area contributed by atoms with Crippen LogP contribution in [0.15, 0.2) is 10.6 Å². The van der Waals surface area contributed by atoms with Gasteiger partial charge >= 0.3 is 0 Å². The summed E-state index contributed by atoms with van der Waals surface area (Å²) in [5, 5.41) is 15.2. The number of halogens is 1. The number of hydrogen-bond acceptors (Lipinski definition) is 6. The standard InChI is InChI=1S/C18H28ClN3O4/c1-17(2)12-22(16(23)4-3-14-11-15(19)20-26-14)6-5-18(17,24)13-21-7-9-25-10-8-21/h11,24H,3-10,12-13H2,1-2H3/t18-/m1/s1. The number of nitrogens with zero attached hydrogens (tertiary/aromatic N) is 3. The molecule has 1 aromatic heterocycles. The number of piperidine rings is 1. The fourth-order valence-electron chi connectivity index (χ4n) is 3.79. The Bertz CT molecular complexity index is 630. The molecule has 0 spiro atoms. The number of carbonyl (C=O) groups excluding carboxylic acids is 1. The number of morpholine rings is 1. The lowest BCUT2D eigenvalue weighted by Gasteiger charge is -2.52. The highest BCUT2D eigenvalue weighted by molar-refractivity contribution is 6.29. The molecular formula is C18H28ClN3O4. The summed E-state index contributed by atoms with van der Waals surface area (Å²) in [5.74, 6) is 0.683. The van der Waals surface area contributed by atoms with Gasteiger partial charge in [-0.15, -0.1) is 0 Å². The number of hydrogen-bond donors (Lipinski definition) is 1. The van der Waals surface area contributed by atoms with Crippen LogP contribution in [0.2, 0.25) is 5.15 Å². The molecule has 3 heterocycles. The van der Waals surface area contributed by atoms with Gasteiger partial charge in [0.1, 0.15) is 5.76 Å². The number of amides is 1. The van der Waals surface area contributed by atoms with E-state index in [4.69, 9.17) is 20.9 Å². The van der Waals surface area contributed by atoms with Crippen LogP contribution in [-0.2, 0) is 16.0 Å². The second kappa shape index (κ2) is 7.84. The number of ether oxygens (including phenoxy) is 1. The zero-order valence-corrected chi connectivity index (χ0v) is 16.3. The zero-order valence-electron chi connectivity index (χ0n) is 15.5. The summed E-state index contributed by atoms with van der Waals surface area (Å²) in [6.07, 6.45) is 1.41. The SMILES string of the molecule is CC1(C)CN(C(=O)CCc2cc(Cl)no2)CC[C@@]1(O)CN1CCOCC1. The van der Waals surface area contributed by atoms with Gasteiger partial charge in [-0.25, -0.2) is 0 Å². The average molecular weight is 386 g/mol. The third kappa shape index (κ3) is 4.39. The van der Waals surface area contributed by atoms with Crippen molar-refractivity contribution >= 4 is 17.5 Å². The van der Waals surface area contributed by atoms with Gasteiger partial charge in [-0.1, -0.05) is 30.6 Å². The van der Waals surface area contributed by atoms with Crippen LogP contribution in [0, 0.1) is 5.41 Å². The van der Waals surface area contributed by atoms with Crippen molar-refractivity contribution < 1.29 is 19.2 Å². The summed E-state index contributed by atoms with van der Waals surface area (Å²) in [5.41, 5.74) is -1.19. The summed E-state index contributed by atoms with van der Waals surface area (Å²) in [6.45, 7) is 8.96. The van der Waals surface area contributed by atoms with Gasteiger partial charge in [0.05, 0.1) is 18.8 Å². The Morgan fingerprint density at radius 3 is 2.69 bits per heavy atom. The molecule has 8 heteroatoms. The van der Waals surface area contributed by atoms with Crippen molar-refractivity contribution in [2.45, 2.75) is 38.7 Å². The molecule has 0 radical (unpaired) electrons. The Kier molecular flexibility index (Phi) is 5.91. The quantitative estimate of drug-likeness (QED) is 0.829. The number of rotatable bonds is 5. The van der Waals surface area contributed by atoms with E-state index in [1.54, 1.807) is 6.07 Å². The Morgan fingerprint density at radius 1 is 1.35 bits per heavy atom. The maximum atomic E-state index is 12.6.